The zero-order chi connectivity index (χ0) is 12.3. The molecule has 0 spiro atoms. The molecule has 0 radical (unpaired) electrons. The summed E-state index contributed by atoms with van der Waals surface area (Å²) in [5, 5.41) is 8.18. The van der Waals surface area contributed by atoms with Crippen molar-refractivity contribution in [2.75, 3.05) is 0 Å². The molecule has 0 atom stereocenters. The minimum Gasteiger partial charge on any atom is -0.248 e. The fourth-order valence-corrected chi connectivity index (χ4v) is 1.69. The number of benzene rings is 1. The van der Waals surface area contributed by atoms with Crippen molar-refractivity contribution in [2.45, 2.75) is 26.3 Å². The van der Waals surface area contributed by atoms with Crippen molar-refractivity contribution in [3.63, 3.8) is 0 Å². The van der Waals surface area contributed by atoms with E-state index in [1.165, 1.54) is 5.56 Å². The standard InChI is InChI=1S/C14H17N3/c1-4-9-17-10-14(15-16-17)13-7-5-12(6-8-13)11(2)3/h4-8,10-11H,1,9H2,2-3H3. The summed E-state index contributed by atoms with van der Waals surface area (Å²) in [6, 6.07) is 8.48. The molecule has 0 saturated carbocycles. The molecule has 1 heterocycles. The molecule has 0 amide bonds. The van der Waals surface area contributed by atoms with Gasteiger partial charge in [-0.25, -0.2) is 4.68 Å². The van der Waals surface area contributed by atoms with E-state index < -0.39 is 0 Å². The molecule has 88 valence electrons. The van der Waals surface area contributed by atoms with Gasteiger partial charge >= 0.3 is 0 Å². The number of nitrogens with zero attached hydrogens (tertiary/aromatic N) is 3. The molecule has 2 aromatic rings. The van der Waals surface area contributed by atoms with E-state index in [-0.39, 0.29) is 0 Å². The van der Waals surface area contributed by atoms with Crippen molar-refractivity contribution in [3.8, 4) is 11.3 Å². The van der Waals surface area contributed by atoms with Gasteiger partial charge < -0.3 is 0 Å². The van der Waals surface area contributed by atoms with Crippen LogP contribution in [0.3, 0.4) is 0 Å². The van der Waals surface area contributed by atoms with Crippen LogP contribution in [-0.4, -0.2) is 15.0 Å². The lowest BCUT2D eigenvalue weighted by Crippen LogP contribution is -1.94. The van der Waals surface area contributed by atoms with Gasteiger partial charge in [0.25, 0.3) is 0 Å². The summed E-state index contributed by atoms with van der Waals surface area (Å²) in [7, 11) is 0. The van der Waals surface area contributed by atoms with E-state index in [1.807, 2.05) is 6.20 Å². The van der Waals surface area contributed by atoms with E-state index in [4.69, 9.17) is 0 Å². The summed E-state index contributed by atoms with van der Waals surface area (Å²) >= 11 is 0. The van der Waals surface area contributed by atoms with Gasteiger partial charge in [-0.3, -0.25) is 0 Å². The highest BCUT2D eigenvalue weighted by molar-refractivity contribution is 5.58. The van der Waals surface area contributed by atoms with Gasteiger partial charge in [0.15, 0.2) is 0 Å². The summed E-state index contributed by atoms with van der Waals surface area (Å²) < 4.78 is 1.78. The molecular weight excluding hydrogens is 210 g/mol. The lowest BCUT2D eigenvalue weighted by atomic mass is 10.0. The Morgan fingerprint density at radius 2 is 2.00 bits per heavy atom. The minimum absolute atomic E-state index is 0.556. The molecule has 0 aliphatic carbocycles. The number of hydrogen-bond acceptors (Lipinski definition) is 2. The Morgan fingerprint density at radius 3 is 2.59 bits per heavy atom. The summed E-state index contributed by atoms with van der Waals surface area (Å²) in [6.07, 6.45) is 3.74. The predicted molar refractivity (Wildman–Crippen MR) is 69.7 cm³/mol. The van der Waals surface area contributed by atoms with Crippen LogP contribution in [0.5, 0.6) is 0 Å². The maximum absolute atomic E-state index is 4.14. The second-order valence-corrected chi connectivity index (χ2v) is 4.39. The van der Waals surface area contributed by atoms with Crippen LogP contribution in [0.4, 0.5) is 0 Å². The van der Waals surface area contributed by atoms with Crippen molar-refractivity contribution < 1.29 is 0 Å². The molecule has 1 aromatic heterocycles. The lowest BCUT2D eigenvalue weighted by molar-refractivity contribution is 0.662. The van der Waals surface area contributed by atoms with E-state index in [0.717, 1.165) is 11.3 Å². The molecule has 0 unspecified atom stereocenters. The van der Waals surface area contributed by atoms with Crippen molar-refractivity contribution >= 4 is 0 Å². The van der Waals surface area contributed by atoms with Crippen LogP contribution in [0.25, 0.3) is 11.3 Å². The van der Waals surface area contributed by atoms with Gasteiger partial charge in [0.05, 0.1) is 12.7 Å². The van der Waals surface area contributed by atoms with Crippen LogP contribution in [-0.2, 0) is 6.54 Å². The largest absolute Gasteiger partial charge is 0.248 e. The highest BCUT2D eigenvalue weighted by atomic mass is 15.4. The topological polar surface area (TPSA) is 30.7 Å². The average molecular weight is 227 g/mol. The SMILES string of the molecule is C=CCn1cc(-c2ccc(C(C)C)cc2)nn1. The van der Waals surface area contributed by atoms with Crippen molar-refractivity contribution in [3.05, 3.63) is 48.7 Å². The van der Waals surface area contributed by atoms with Crippen LogP contribution in [0.1, 0.15) is 25.3 Å². The zero-order valence-electron chi connectivity index (χ0n) is 10.3. The molecule has 0 aliphatic rings. The third-order valence-electron chi connectivity index (χ3n) is 2.73. The van der Waals surface area contributed by atoms with Crippen LogP contribution in [0.15, 0.2) is 43.1 Å². The van der Waals surface area contributed by atoms with Crippen LogP contribution in [0, 0.1) is 0 Å². The quantitative estimate of drug-likeness (QED) is 0.751. The molecule has 3 heteroatoms. The Hall–Kier alpha value is -1.90. The summed E-state index contributed by atoms with van der Waals surface area (Å²) in [6.45, 7) is 8.75. The molecule has 0 aliphatic heterocycles. The molecule has 2 rings (SSSR count). The fraction of sp³-hybridized carbons (Fsp3) is 0.286. The van der Waals surface area contributed by atoms with E-state index in [9.17, 15) is 0 Å². The number of rotatable bonds is 4. The summed E-state index contributed by atoms with van der Waals surface area (Å²) in [5.74, 6) is 0.556. The highest BCUT2D eigenvalue weighted by Crippen LogP contribution is 2.20. The van der Waals surface area contributed by atoms with Gasteiger partial charge in [-0.2, -0.15) is 0 Å². The van der Waals surface area contributed by atoms with Gasteiger partial charge in [0.2, 0.25) is 0 Å². The van der Waals surface area contributed by atoms with E-state index in [2.05, 4.69) is 55.0 Å². The van der Waals surface area contributed by atoms with Gasteiger partial charge in [-0.15, -0.1) is 11.7 Å². The first-order valence-electron chi connectivity index (χ1n) is 5.82. The Labute approximate surface area is 102 Å². The molecule has 17 heavy (non-hydrogen) atoms. The summed E-state index contributed by atoms with van der Waals surface area (Å²) in [5.41, 5.74) is 3.35. The molecule has 0 N–H and O–H groups in total. The van der Waals surface area contributed by atoms with Gasteiger partial charge in [0.1, 0.15) is 5.69 Å². The number of hydrogen-bond donors (Lipinski definition) is 0. The Morgan fingerprint density at radius 1 is 1.29 bits per heavy atom. The third-order valence-corrected chi connectivity index (χ3v) is 2.73. The van der Waals surface area contributed by atoms with Crippen LogP contribution >= 0.6 is 0 Å². The van der Waals surface area contributed by atoms with E-state index in [1.54, 1.807) is 10.8 Å². The second kappa shape index (κ2) is 4.95. The van der Waals surface area contributed by atoms with Crippen LogP contribution < -0.4 is 0 Å². The Bertz CT molecular complexity index is 494. The normalized spacial score (nSPS) is 10.8. The van der Waals surface area contributed by atoms with Crippen LogP contribution in [0.2, 0.25) is 0 Å². The predicted octanol–water partition coefficient (Wildman–Crippen LogP) is 3.25. The molecule has 1 aromatic carbocycles. The minimum atomic E-state index is 0.556. The monoisotopic (exact) mass is 227 g/mol. The molecule has 3 nitrogen and oxygen atoms in total. The first-order valence-corrected chi connectivity index (χ1v) is 5.82. The molecular formula is C14H17N3. The first kappa shape index (κ1) is 11.6. The number of allylic oxidation sites excluding steroid dienone is 1. The van der Waals surface area contributed by atoms with Crippen molar-refractivity contribution in [1.82, 2.24) is 15.0 Å². The van der Waals surface area contributed by atoms with E-state index in [0.29, 0.717) is 12.5 Å². The maximum Gasteiger partial charge on any atom is 0.113 e. The maximum atomic E-state index is 4.14. The van der Waals surface area contributed by atoms with Gasteiger partial charge in [-0.05, 0) is 11.5 Å². The zero-order valence-corrected chi connectivity index (χ0v) is 10.3. The smallest absolute Gasteiger partial charge is 0.113 e. The lowest BCUT2D eigenvalue weighted by Gasteiger charge is -2.04. The number of aromatic nitrogens is 3. The summed E-state index contributed by atoms with van der Waals surface area (Å²) in [4.78, 5) is 0. The highest BCUT2D eigenvalue weighted by Gasteiger charge is 2.04. The molecule has 0 bridgehead atoms. The van der Waals surface area contributed by atoms with Crippen molar-refractivity contribution in [2.24, 2.45) is 0 Å². The molecule has 0 saturated heterocycles. The Kier molecular flexibility index (Phi) is 3.38. The first-order chi connectivity index (χ1) is 8.20. The van der Waals surface area contributed by atoms with Crippen molar-refractivity contribution in [1.29, 1.82) is 0 Å². The van der Waals surface area contributed by atoms with E-state index >= 15 is 0 Å². The second-order valence-electron chi connectivity index (χ2n) is 4.39. The van der Waals surface area contributed by atoms with Gasteiger partial charge in [0, 0.05) is 5.56 Å². The molecule has 0 fully saturated rings. The third kappa shape index (κ3) is 2.61. The van der Waals surface area contributed by atoms with Gasteiger partial charge in [-0.1, -0.05) is 49.4 Å². The fourth-order valence-electron chi connectivity index (χ4n) is 1.69. The average Bonchev–Trinajstić information content (AvgIpc) is 2.78. The Balaban J connectivity index is 2.23.